The number of carbonyl (C=O) groups excluding carboxylic acids is 1. The summed E-state index contributed by atoms with van der Waals surface area (Å²) in [5.74, 6) is 0.496. The Bertz CT molecular complexity index is 438. The van der Waals surface area contributed by atoms with Crippen LogP contribution >= 0.6 is 0 Å². The van der Waals surface area contributed by atoms with E-state index in [1.165, 1.54) is 0 Å². The molecule has 5 atom stereocenters. The second-order valence-electron chi connectivity index (χ2n) is 6.88. The van der Waals surface area contributed by atoms with Crippen molar-refractivity contribution in [1.82, 2.24) is 0 Å². The third-order valence-corrected chi connectivity index (χ3v) is 6.09. The summed E-state index contributed by atoms with van der Waals surface area (Å²) in [5, 5.41) is 11.3. The number of carbonyl (C=O) groups is 1. The SMILES string of the molecule is CC[C@@H]1C[C@@]2(C)C=C(C)[C@H]3C(=O)C[C@]1(C)[C@]32O. The molecule has 2 fully saturated rings. The highest BCUT2D eigenvalue weighted by molar-refractivity contribution is 5.90. The lowest BCUT2D eigenvalue weighted by atomic mass is 9.66. The highest BCUT2D eigenvalue weighted by Gasteiger charge is 2.76. The molecule has 0 aromatic heterocycles. The first-order valence-electron chi connectivity index (χ1n) is 6.74. The Morgan fingerprint density at radius 3 is 2.71 bits per heavy atom. The highest BCUT2D eigenvalue weighted by atomic mass is 16.3. The highest BCUT2D eigenvalue weighted by Crippen LogP contribution is 2.73. The van der Waals surface area contributed by atoms with Crippen LogP contribution in [0.15, 0.2) is 11.6 Å². The first-order chi connectivity index (χ1) is 7.80. The lowest BCUT2D eigenvalue weighted by molar-refractivity contribution is -0.127. The normalized spacial score (nSPS) is 56.3. The summed E-state index contributed by atoms with van der Waals surface area (Å²) >= 11 is 0. The molecule has 0 bridgehead atoms. The van der Waals surface area contributed by atoms with Gasteiger partial charge in [-0.2, -0.15) is 0 Å². The molecule has 0 aromatic rings. The molecule has 0 radical (unpaired) electrons. The molecule has 0 unspecified atom stereocenters. The van der Waals surface area contributed by atoms with E-state index in [0.717, 1.165) is 18.4 Å². The molecule has 3 aliphatic rings. The second-order valence-corrected chi connectivity index (χ2v) is 6.88. The maximum atomic E-state index is 12.3. The van der Waals surface area contributed by atoms with Crippen LogP contribution in [0.4, 0.5) is 0 Å². The van der Waals surface area contributed by atoms with Gasteiger partial charge in [0.05, 0.1) is 11.5 Å². The number of hydrogen-bond donors (Lipinski definition) is 1. The van der Waals surface area contributed by atoms with Gasteiger partial charge in [-0.1, -0.05) is 38.8 Å². The van der Waals surface area contributed by atoms with Gasteiger partial charge < -0.3 is 5.11 Å². The van der Waals surface area contributed by atoms with Crippen molar-refractivity contribution in [3.05, 3.63) is 11.6 Å². The summed E-state index contributed by atoms with van der Waals surface area (Å²) in [4.78, 5) is 12.3. The van der Waals surface area contributed by atoms with Crippen molar-refractivity contribution < 1.29 is 9.90 Å². The van der Waals surface area contributed by atoms with Crippen LogP contribution in [0.1, 0.15) is 47.0 Å². The lowest BCUT2D eigenvalue weighted by Crippen LogP contribution is -2.50. The van der Waals surface area contributed by atoms with Crippen molar-refractivity contribution >= 4 is 5.78 Å². The summed E-state index contributed by atoms with van der Waals surface area (Å²) < 4.78 is 0. The Morgan fingerprint density at radius 2 is 2.12 bits per heavy atom. The Balaban J connectivity index is 2.23. The van der Waals surface area contributed by atoms with Gasteiger partial charge in [-0.05, 0) is 19.3 Å². The smallest absolute Gasteiger partial charge is 0.143 e. The van der Waals surface area contributed by atoms with Crippen molar-refractivity contribution in [1.29, 1.82) is 0 Å². The first-order valence-corrected chi connectivity index (χ1v) is 6.74. The first kappa shape index (κ1) is 11.5. The fraction of sp³-hybridized carbons (Fsp3) is 0.800. The number of aliphatic hydroxyl groups is 1. The van der Waals surface area contributed by atoms with E-state index in [1.54, 1.807) is 0 Å². The van der Waals surface area contributed by atoms with Crippen LogP contribution in [0.5, 0.6) is 0 Å². The van der Waals surface area contributed by atoms with Crippen LogP contribution in [0.25, 0.3) is 0 Å². The van der Waals surface area contributed by atoms with Gasteiger partial charge in [0, 0.05) is 17.3 Å². The van der Waals surface area contributed by atoms with E-state index in [0.29, 0.717) is 12.3 Å². The standard InChI is InChI=1S/C15H22O2/c1-5-10-7-13(3)6-9(2)12-11(16)8-14(10,4)15(12,13)17/h6,10,12,17H,5,7-8H2,1-4H3/t10-,12+,13-,14+,15+/m1/s1. The zero-order valence-corrected chi connectivity index (χ0v) is 11.2. The summed E-state index contributed by atoms with van der Waals surface area (Å²) in [6.45, 7) is 8.47. The summed E-state index contributed by atoms with van der Waals surface area (Å²) in [6, 6.07) is 0. The van der Waals surface area contributed by atoms with Gasteiger partial charge >= 0.3 is 0 Å². The number of Topliss-reactive ketones (excluding diaryl/α,β-unsaturated/α-hetero) is 1. The number of hydrogen-bond acceptors (Lipinski definition) is 2. The third-order valence-electron chi connectivity index (χ3n) is 6.09. The van der Waals surface area contributed by atoms with Crippen LogP contribution < -0.4 is 0 Å². The Kier molecular flexibility index (Phi) is 1.92. The maximum Gasteiger partial charge on any atom is 0.143 e. The summed E-state index contributed by atoms with van der Waals surface area (Å²) in [7, 11) is 0. The van der Waals surface area contributed by atoms with Crippen molar-refractivity contribution in [3.63, 3.8) is 0 Å². The summed E-state index contributed by atoms with van der Waals surface area (Å²) in [5.41, 5.74) is -0.129. The minimum Gasteiger partial charge on any atom is -0.387 e. The predicted molar refractivity (Wildman–Crippen MR) is 66.4 cm³/mol. The molecule has 2 heteroatoms. The van der Waals surface area contributed by atoms with E-state index in [9.17, 15) is 9.90 Å². The molecule has 94 valence electrons. The molecular weight excluding hydrogens is 212 g/mol. The maximum absolute atomic E-state index is 12.3. The number of ketones is 1. The molecule has 0 heterocycles. The van der Waals surface area contributed by atoms with E-state index in [4.69, 9.17) is 0 Å². The van der Waals surface area contributed by atoms with Crippen molar-refractivity contribution in [2.75, 3.05) is 0 Å². The van der Waals surface area contributed by atoms with E-state index in [-0.39, 0.29) is 22.5 Å². The second kappa shape index (κ2) is 2.85. The molecule has 0 spiro atoms. The van der Waals surface area contributed by atoms with Gasteiger partial charge in [-0.3, -0.25) is 4.79 Å². The minimum absolute atomic E-state index is 0.191. The van der Waals surface area contributed by atoms with Gasteiger partial charge in [0.1, 0.15) is 5.78 Å². The molecule has 3 rings (SSSR count). The molecule has 0 aromatic carbocycles. The monoisotopic (exact) mass is 234 g/mol. The quantitative estimate of drug-likeness (QED) is 0.708. The molecule has 2 saturated carbocycles. The molecule has 0 aliphatic heterocycles. The molecular formula is C15H22O2. The largest absolute Gasteiger partial charge is 0.387 e. The molecule has 0 amide bonds. The molecule has 17 heavy (non-hydrogen) atoms. The van der Waals surface area contributed by atoms with Gasteiger partial charge in [-0.15, -0.1) is 0 Å². The molecule has 1 N–H and O–H groups in total. The van der Waals surface area contributed by atoms with Crippen LogP contribution in [0.3, 0.4) is 0 Å². The van der Waals surface area contributed by atoms with E-state index < -0.39 is 5.60 Å². The van der Waals surface area contributed by atoms with Crippen molar-refractivity contribution in [2.45, 2.75) is 52.6 Å². The zero-order valence-electron chi connectivity index (χ0n) is 11.2. The Hall–Kier alpha value is -0.630. The van der Waals surface area contributed by atoms with Crippen LogP contribution in [-0.4, -0.2) is 16.5 Å². The summed E-state index contributed by atoms with van der Waals surface area (Å²) in [6.07, 6.45) is 4.83. The van der Waals surface area contributed by atoms with Crippen LogP contribution in [0.2, 0.25) is 0 Å². The van der Waals surface area contributed by atoms with Gasteiger partial charge in [0.2, 0.25) is 0 Å². The van der Waals surface area contributed by atoms with Gasteiger partial charge in [0.15, 0.2) is 0 Å². The third kappa shape index (κ3) is 0.929. The Morgan fingerprint density at radius 1 is 1.47 bits per heavy atom. The fourth-order valence-corrected chi connectivity index (χ4v) is 5.42. The lowest BCUT2D eigenvalue weighted by Gasteiger charge is -2.42. The van der Waals surface area contributed by atoms with E-state index in [2.05, 4.69) is 26.8 Å². The molecule has 0 saturated heterocycles. The van der Waals surface area contributed by atoms with E-state index in [1.807, 2.05) is 6.92 Å². The topological polar surface area (TPSA) is 37.3 Å². The Labute approximate surface area is 103 Å². The van der Waals surface area contributed by atoms with Gasteiger partial charge in [0.25, 0.3) is 0 Å². The predicted octanol–water partition coefficient (Wildman–Crippen LogP) is 2.71. The molecule has 3 aliphatic carbocycles. The molecule has 2 nitrogen and oxygen atoms in total. The zero-order chi connectivity index (χ0) is 12.6. The average Bonchev–Trinajstić information content (AvgIpc) is 2.63. The minimum atomic E-state index is -0.818. The van der Waals surface area contributed by atoms with Gasteiger partial charge in [-0.25, -0.2) is 0 Å². The van der Waals surface area contributed by atoms with Crippen LogP contribution in [0, 0.1) is 22.7 Å². The van der Waals surface area contributed by atoms with Crippen LogP contribution in [-0.2, 0) is 4.79 Å². The van der Waals surface area contributed by atoms with Crippen molar-refractivity contribution in [2.24, 2.45) is 22.7 Å². The number of rotatable bonds is 1. The average molecular weight is 234 g/mol. The van der Waals surface area contributed by atoms with E-state index >= 15 is 0 Å². The fourth-order valence-electron chi connectivity index (χ4n) is 5.42. The van der Waals surface area contributed by atoms with Crippen molar-refractivity contribution in [3.8, 4) is 0 Å².